The summed E-state index contributed by atoms with van der Waals surface area (Å²) in [6.07, 6.45) is 0. The smallest absolute Gasteiger partial charge is 0.242 e. The van der Waals surface area contributed by atoms with Gasteiger partial charge in [0.25, 0.3) is 0 Å². The number of ether oxygens (including phenoxy) is 2. The summed E-state index contributed by atoms with van der Waals surface area (Å²) in [6, 6.07) is 20.3. The SMILES string of the molecule is COc1cc(OC)c(NC(=O)C(Sc2cccc(N)c2)c2ccccc2)cc1Cl. The number of hydrogen-bond acceptors (Lipinski definition) is 5. The number of nitrogens with two attached hydrogens (primary N) is 1. The van der Waals surface area contributed by atoms with Gasteiger partial charge in [0.2, 0.25) is 5.91 Å². The molecule has 0 aliphatic carbocycles. The molecule has 0 aliphatic rings. The predicted octanol–water partition coefficient (Wildman–Crippen LogP) is 5.41. The molecule has 0 aliphatic heterocycles. The van der Waals surface area contributed by atoms with Crippen LogP contribution in [-0.2, 0) is 4.79 Å². The van der Waals surface area contributed by atoms with Gasteiger partial charge in [0.15, 0.2) is 0 Å². The van der Waals surface area contributed by atoms with Crippen molar-refractivity contribution >= 4 is 40.6 Å². The number of thioether (sulfide) groups is 1. The zero-order valence-electron chi connectivity index (χ0n) is 16.0. The van der Waals surface area contributed by atoms with E-state index in [0.29, 0.717) is 27.9 Å². The molecule has 0 fully saturated rings. The summed E-state index contributed by atoms with van der Waals surface area (Å²) in [4.78, 5) is 14.1. The highest BCUT2D eigenvalue weighted by Gasteiger charge is 2.24. The van der Waals surface area contributed by atoms with Crippen molar-refractivity contribution < 1.29 is 14.3 Å². The van der Waals surface area contributed by atoms with E-state index in [9.17, 15) is 4.79 Å². The van der Waals surface area contributed by atoms with Crippen molar-refractivity contribution in [1.82, 2.24) is 0 Å². The van der Waals surface area contributed by atoms with E-state index in [2.05, 4.69) is 5.32 Å². The van der Waals surface area contributed by atoms with E-state index >= 15 is 0 Å². The van der Waals surface area contributed by atoms with E-state index in [4.69, 9.17) is 26.8 Å². The minimum atomic E-state index is -0.497. The Bertz CT molecular complexity index is 999. The zero-order chi connectivity index (χ0) is 20.8. The summed E-state index contributed by atoms with van der Waals surface area (Å²) in [5.41, 5.74) is 7.88. The number of nitrogens with one attached hydrogen (secondary N) is 1. The highest BCUT2D eigenvalue weighted by atomic mass is 35.5. The molecule has 5 nitrogen and oxygen atoms in total. The van der Waals surface area contributed by atoms with E-state index in [1.54, 1.807) is 12.1 Å². The largest absolute Gasteiger partial charge is 0.495 e. The number of rotatable bonds is 7. The van der Waals surface area contributed by atoms with Crippen LogP contribution in [0.25, 0.3) is 0 Å². The summed E-state index contributed by atoms with van der Waals surface area (Å²) in [7, 11) is 3.04. The Morgan fingerprint density at radius 1 is 1.00 bits per heavy atom. The maximum Gasteiger partial charge on any atom is 0.242 e. The highest BCUT2D eigenvalue weighted by Crippen LogP contribution is 2.40. The molecule has 7 heteroatoms. The van der Waals surface area contributed by atoms with E-state index in [-0.39, 0.29) is 5.91 Å². The molecule has 3 aromatic rings. The van der Waals surface area contributed by atoms with Gasteiger partial charge in [-0.25, -0.2) is 0 Å². The molecular weight excluding hydrogens is 408 g/mol. The maximum absolute atomic E-state index is 13.2. The van der Waals surface area contributed by atoms with Gasteiger partial charge in [0.05, 0.1) is 24.9 Å². The zero-order valence-corrected chi connectivity index (χ0v) is 17.6. The average molecular weight is 429 g/mol. The Hall–Kier alpha value is -2.83. The van der Waals surface area contributed by atoms with Gasteiger partial charge in [-0.2, -0.15) is 0 Å². The number of nitrogen functional groups attached to an aromatic ring is 1. The molecule has 3 aromatic carbocycles. The summed E-state index contributed by atoms with van der Waals surface area (Å²) >= 11 is 7.65. The second-order valence-corrected chi connectivity index (χ2v) is 7.74. The third-order valence-electron chi connectivity index (χ3n) is 4.18. The molecular formula is C22H21ClN2O3S. The Balaban J connectivity index is 1.92. The fourth-order valence-electron chi connectivity index (χ4n) is 2.78. The van der Waals surface area contributed by atoms with Gasteiger partial charge in [-0.3, -0.25) is 4.79 Å². The van der Waals surface area contributed by atoms with Crippen LogP contribution in [0.3, 0.4) is 0 Å². The summed E-state index contributed by atoms with van der Waals surface area (Å²) < 4.78 is 10.6. The van der Waals surface area contributed by atoms with Crippen molar-refractivity contribution in [3.8, 4) is 11.5 Å². The van der Waals surface area contributed by atoms with Crippen molar-refractivity contribution in [2.75, 3.05) is 25.3 Å². The van der Waals surface area contributed by atoms with Crippen molar-refractivity contribution in [2.24, 2.45) is 0 Å². The first-order valence-electron chi connectivity index (χ1n) is 8.81. The molecule has 150 valence electrons. The van der Waals surface area contributed by atoms with Gasteiger partial charge in [-0.15, -0.1) is 11.8 Å². The quantitative estimate of drug-likeness (QED) is 0.388. The van der Waals surface area contributed by atoms with Crippen molar-refractivity contribution in [1.29, 1.82) is 0 Å². The standard InChI is InChI=1S/C22H21ClN2O3S/c1-27-19-13-20(28-2)18(12-17(19)23)25-22(26)21(14-7-4-3-5-8-14)29-16-10-6-9-15(24)11-16/h3-13,21H,24H2,1-2H3,(H,25,26). The van der Waals surface area contributed by atoms with Crippen LogP contribution in [0.15, 0.2) is 71.6 Å². The molecule has 1 unspecified atom stereocenters. The lowest BCUT2D eigenvalue weighted by molar-refractivity contribution is -0.115. The van der Waals surface area contributed by atoms with Crippen LogP contribution in [-0.4, -0.2) is 20.1 Å². The fraction of sp³-hybridized carbons (Fsp3) is 0.136. The minimum absolute atomic E-state index is 0.205. The number of carbonyl (C=O) groups excluding carboxylic acids is 1. The Kier molecular flexibility index (Phi) is 6.90. The highest BCUT2D eigenvalue weighted by molar-refractivity contribution is 8.00. The molecule has 1 amide bonds. The number of hydrogen-bond donors (Lipinski definition) is 2. The summed E-state index contributed by atoms with van der Waals surface area (Å²) in [5.74, 6) is 0.721. The molecule has 0 aromatic heterocycles. The first-order chi connectivity index (χ1) is 14.0. The Labute approximate surface area is 179 Å². The van der Waals surface area contributed by atoms with Crippen LogP contribution < -0.4 is 20.5 Å². The second-order valence-electron chi connectivity index (χ2n) is 6.16. The van der Waals surface area contributed by atoms with Crippen LogP contribution >= 0.6 is 23.4 Å². The van der Waals surface area contributed by atoms with Gasteiger partial charge in [-0.05, 0) is 29.8 Å². The molecule has 0 heterocycles. The monoisotopic (exact) mass is 428 g/mol. The molecule has 0 spiro atoms. The first kappa shape index (κ1) is 20.9. The fourth-order valence-corrected chi connectivity index (χ4v) is 4.11. The number of halogens is 1. The summed E-state index contributed by atoms with van der Waals surface area (Å²) in [5, 5.41) is 2.81. The van der Waals surface area contributed by atoms with Gasteiger partial charge >= 0.3 is 0 Å². The minimum Gasteiger partial charge on any atom is -0.495 e. The lowest BCUT2D eigenvalue weighted by atomic mass is 10.1. The lowest BCUT2D eigenvalue weighted by Gasteiger charge is -2.19. The second kappa shape index (κ2) is 9.58. The van der Waals surface area contributed by atoms with E-state index in [0.717, 1.165) is 10.5 Å². The van der Waals surface area contributed by atoms with Crippen molar-refractivity contribution in [2.45, 2.75) is 10.1 Å². The molecule has 0 saturated carbocycles. The third-order valence-corrected chi connectivity index (χ3v) is 5.73. The van der Waals surface area contributed by atoms with Gasteiger partial charge in [-0.1, -0.05) is 48.0 Å². The third kappa shape index (κ3) is 5.16. The van der Waals surface area contributed by atoms with Crippen LogP contribution in [0.4, 0.5) is 11.4 Å². The van der Waals surface area contributed by atoms with E-state index in [1.165, 1.54) is 26.0 Å². The first-order valence-corrected chi connectivity index (χ1v) is 10.1. The van der Waals surface area contributed by atoms with Crippen LogP contribution in [0.2, 0.25) is 5.02 Å². The molecule has 3 N–H and O–H groups in total. The normalized spacial score (nSPS) is 11.6. The van der Waals surface area contributed by atoms with Crippen LogP contribution in [0.1, 0.15) is 10.8 Å². The van der Waals surface area contributed by atoms with Gasteiger partial charge in [0, 0.05) is 16.6 Å². The van der Waals surface area contributed by atoms with Crippen molar-refractivity contribution in [3.63, 3.8) is 0 Å². The average Bonchev–Trinajstić information content (AvgIpc) is 2.73. The number of carbonyl (C=O) groups is 1. The van der Waals surface area contributed by atoms with Gasteiger partial charge in [0.1, 0.15) is 16.7 Å². The van der Waals surface area contributed by atoms with Crippen molar-refractivity contribution in [3.05, 3.63) is 77.3 Å². The molecule has 1 atom stereocenters. The van der Waals surface area contributed by atoms with E-state index in [1.807, 2.05) is 54.6 Å². The number of methoxy groups -OCH3 is 2. The molecule has 3 rings (SSSR count). The number of amides is 1. The predicted molar refractivity (Wildman–Crippen MR) is 119 cm³/mol. The molecule has 0 radical (unpaired) electrons. The Morgan fingerprint density at radius 3 is 2.38 bits per heavy atom. The number of anilines is 2. The summed E-state index contributed by atoms with van der Waals surface area (Å²) in [6.45, 7) is 0. The van der Waals surface area contributed by atoms with Crippen LogP contribution in [0, 0.1) is 0 Å². The van der Waals surface area contributed by atoms with Crippen LogP contribution in [0.5, 0.6) is 11.5 Å². The molecule has 0 saturated heterocycles. The Morgan fingerprint density at radius 2 is 1.72 bits per heavy atom. The maximum atomic E-state index is 13.2. The molecule has 29 heavy (non-hydrogen) atoms. The number of benzene rings is 3. The van der Waals surface area contributed by atoms with E-state index < -0.39 is 5.25 Å². The topological polar surface area (TPSA) is 73.6 Å². The molecule has 0 bridgehead atoms. The lowest BCUT2D eigenvalue weighted by Crippen LogP contribution is -2.19. The van der Waals surface area contributed by atoms with Gasteiger partial charge < -0.3 is 20.5 Å².